The number of rotatable bonds is 3. The molecule has 1 saturated heterocycles. The molecule has 0 aromatic carbocycles. The first-order valence-electron chi connectivity index (χ1n) is 7.35. The first-order valence-corrected chi connectivity index (χ1v) is 7.35. The molecule has 1 aliphatic rings. The molecule has 1 aliphatic heterocycles. The zero-order valence-electron chi connectivity index (χ0n) is 13.1. The highest BCUT2D eigenvalue weighted by Gasteiger charge is 2.34. The maximum absolute atomic E-state index is 12.6. The van der Waals surface area contributed by atoms with Crippen LogP contribution in [0, 0.1) is 6.92 Å². The molecule has 6 heteroatoms. The van der Waals surface area contributed by atoms with E-state index in [1.807, 2.05) is 20.8 Å². The lowest BCUT2D eigenvalue weighted by Crippen LogP contribution is -2.49. The van der Waals surface area contributed by atoms with Crippen molar-refractivity contribution in [3.63, 3.8) is 0 Å². The van der Waals surface area contributed by atoms with E-state index in [0.29, 0.717) is 19.0 Å². The van der Waals surface area contributed by atoms with Crippen molar-refractivity contribution in [2.75, 3.05) is 13.2 Å². The highest BCUT2D eigenvalue weighted by Crippen LogP contribution is 2.27. The molecule has 1 aromatic heterocycles. The van der Waals surface area contributed by atoms with Crippen molar-refractivity contribution in [2.45, 2.75) is 52.2 Å². The van der Waals surface area contributed by atoms with Gasteiger partial charge in [-0.05, 0) is 40.5 Å². The summed E-state index contributed by atoms with van der Waals surface area (Å²) in [5.74, 6) is 0.251. The van der Waals surface area contributed by atoms with E-state index < -0.39 is 0 Å². The number of ether oxygens (including phenoxy) is 1. The molecule has 21 heavy (non-hydrogen) atoms. The molecule has 1 unspecified atom stereocenters. The largest absolute Gasteiger partial charge is 0.375 e. The Kier molecular flexibility index (Phi) is 4.46. The fourth-order valence-corrected chi connectivity index (χ4v) is 2.82. The third kappa shape index (κ3) is 3.50. The van der Waals surface area contributed by atoms with Crippen molar-refractivity contribution < 1.29 is 9.53 Å². The molecule has 0 saturated carbocycles. The van der Waals surface area contributed by atoms with Gasteiger partial charge in [0.2, 0.25) is 0 Å². The molecule has 0 aliphatic carbocycles. The lowest BCUT2D eigenvalue weighted by Gasteiger charge is -2.40. The number of aryl methyl sites for hydroxylation is 1. The molecule has 0 spiro atoms. The first-order chi connectivity index (χ1) is 9.84. The quantitative estimate of drug-likeness (QED) is 0.916. The second-order valence-electron chi connectivity index (χ2n) is 6.06. The van der Waals surface area contributed by atoms with Crippen LogP contribution in [-0.4, -0.2) is 45.6 Å². The summed E-state index contributed by atoms with van der Waals surface area (Å²) in [5, 5.41) is 0. The van der Waals surface area contributed by atoms with E-state index in [-0.39, 0.29) is 28.7 Å². The summed E-state index contributed by atoms with van der Waals surface area (Å²) in [5.41, 5.74) is -0.516. The van der Waals surface area contributed by atoms with Crippen LogP contribution in [0.5, 0.6) is 0 Å². The predicted octanol–water partition coefficient (Wildman–Crippen LogP) is 1.50. The highest BCUT2D eigenvalue weighted by molar-refractivity contribution is 5.93. The number of carbonyl (C=O) groups excluding carboxylic acids is 1. The van der Waals surface area contributed by atoms with Gasteiger partial charge in [0, 0.05) is 25.4 Å². The number of hydrogen-bond donors (Lipinski definition) is 1. The van der Waals surface area contributed by atoms with Crippen LogP contribution in [0.4, 0.5) is 0 Å². The Morgan fingerprint density at radius 1 is 1.57 bits per heavy atom. The van der Waals surface area contributed by atoms with Crippen molar-refractivity contribution in [2.24, 2.45) is 0 Å². The first kappa shape index (κ1) is 15.7. The molecule has 1 N–H and O–H groups in total. The van der Waals surface area contributed by atoms with Crippen LogP contribution in [-0.2, 0) is 4.74 Å². The van der Waals surface area contributed by atoms with Gasteiger partial charge in [-0.25, -0.2) is 4.98 Å². The minimum atomic E-state index is -0.378. The van der Waals surface area contributed by atoms with E-state index in [1.165, 1.54) is 6.20 Å². The Morgan fingerprint density at radius 2 is 2.29 bits per heavy atom. The van der Waals surface area contributed by atoms with E-state index >= 15 is 0 Å². The van der Waals surface area contributed by atoms with Crippen LogP contribution in [0.1, 0.15) is 49.8 Å². The second-order valence-corrected chi connectivity index (χ2v) is 6.06. The molecule has 1 fully saturated rings. The number of hydrogen-bond acceptors (Lipinski definition) is 4. The van der Waals surface area contributed by atoms with Crippen LogP contribution < -0.4 is 5.56 Å². The number of nitrogens with zero attached hydrogens (tertiary/aromatic N) is 2. The number of carbonyl (C=O) groups is 1. The number of nitrogens with one attached hydrogen (secondary N) is 1. The van der Waals surface area contributed by atoms with Gasteiger partial charge in [0.25, 0.3) is 11.5 Å². The Bertz CT molecular complexity index is 580. The molecule has 1 atom stereocenters. The topological polar surface area (TPSA) is 75.3 Å². The third-order valence-electron chi connectivity index (χ3n) is 3.87. The Labute approximate surface area is 124 Å². The molecule has 6 nitrogen and oxygen atoms in total. The van der Waals surface area contributed by atoms with Gasteiger partial charge in [0.05, 0.1) is 5.60 Å². The van der Waals surface area contributed by atoms with E-state index in [1.54, 1.807) is 11.8 Å². The molecule has 0 radical (unpaired) electrons. The molecule has 1 amide bonds. The van der Waals surface area contributed by atoms with Crippen LogP contribution in [0.3, 0.4) is 0 Å². The Morgan fingerprint density at radius 3 is 2.86 bits per heavy atom. The minimum Gasteiger partial charge on any atom is -0.375 e. The number of aromatic nitrogens is 2. The number of amides is 1. The van der Waals surface area contributed by atoms with Crippen LogP contribution in [0.2, 0.25) is 0 Å². The van der Waals surface area contributed by atoms with Crippen LogP contribution in [0.15, 0.2) is 11.0 Å². The van der Waals surface area contributed by atoms with Crippen LogP contribution in [0.25, 0.3) is 0 Å². The fraction of sp³-hybridized carbons (Fsp3) is 0.667. The lowest BCUT2D eigenvalue weighted by atomic mass is 9.92. The zero-order chi connectivity index (χ0) is 15.6. The summed E-state index contributed by atoms with van der Waals surface area (Å²) < 4.78 is 5.70. The van der Waals surface area contributed by atoms with Gasteiger partial charge >= 0.3 is 0 Å². The van der Waals surface area contributed by atoms with Gasteiger partial charge in [-0.3, -0.25) is 9.59 Å². The average Bonchev–Trinajstić information content (AvgIpc) is 2.38. The minimum absolute atomic E-state index is 0.0898. The molecular weight excluding hydrogens is 270 g/mol. The molecule has 116 valence electrons. The van der Waals surface area contributed by atoms with E-state index in [9.17, 15) is 9.59 Å². The summed E-state index contributed by atoms with van der Waals surface area (Å²) in [6.45, 7) is 8.86. The predicted molar refractivity (Wildman–Crippen MR) is 79.4 cm³/mol. The normalized spacial score (nSPS) is 21.0. The molecule has 0 bridgehead atoms. The zero-order valence-corrected chi connectivity index (χ0v) is 13.1. The summed E-state index contributed by atoms with van der Waals surface area (Å²) in [7, 11) is 0. The van der Waals surface area contributed by atoms with Crippen molar-refractivity contribution in [1.29, 1.82) is 0 Å². The average molecular weight is 293 g/mol. The van der Waals surface area contributed by atoms with Gasteiger partial charge in [0.1, 0.15) is 11.4 Å². The molecule has 2 rings (SSSR count). The summed E-state index contributed by atoms with van der Waals surface area (Å²) >= 11 is 0. The fourth-order valence-electron chi connectivity index (χ4n) is 2.82. The van der Waals surface area contributed by atoms with Gasteiger partial charge < -0.3 is 14.6 Å². The molecule has 1 aromatic rings. The molecular formula is C15H23N3O3. The Hall–Kier alpha value is -1.69. The van der Waals surface area contributed by atoms with E-state index in [2.05, 4.69) is 9.97 Å². The summed E-state index contributed by atoms with van der Waals surface area (Å²) in [6.07, 6.45) is 2.92. The second kappa shape index (κ2) is 5.97. The van der Waals surface area contributed by atoms with Crippen LogP contribution >= 0.6 is 0 Å². The maximum Gasteiger partial charge on any atom is 0.263 e. The van der Waals surface area contributed by atoms with Crippen molar-refractivity contribution >= 4 is 5.91 Å². The SMILES string of the molecule is CCN(C(=O)c1cnc(C)[nH]c1=O)C1CCOC(C)(C)C1. The number of aromatic amines is 1. The van der Waals surface area contributed by atoms with Crippen molar-refractivity contribution in [1.82, 2.24) is 14.9 Å². The van der Waals surface area contributed by atoms with Gasteiger partial charge in [-0.1, -0.05) is 0 Å². The van der Waals surface area contributed by atoms with Crippen molar-refractivity contribution in [3.05, 3.63) is 27.9 Å². The number of H-pyrrole nitrogens is 1. The Balaban J connectivity index is 2.24. The van der Waals surface area contributed by atoms with Gasteiger partial charge in [0.15, 0.2) is 0 Å². The van der Waals surface area contributed by atoms with E-state index in [0.717, 1.165) is 12.8 Å². The van der Waals surface area contributed by atoms with Crippen molar-refractivity contribution in [3.8, 4) is 0 Å². The lowest BCUT2D eigenvalue weighted by molar-refractivity contribution is -0.0777. The van der Waals surface area contributed by atoms with E-state index in [4.69, 9.17) is 4.74 Å². The summed E-state index contributed by atoms with van der Waals surface area (Å²) in [4.78, 5) is 32.9. The third-order valence-corrected chi connectivity index (χ3v) is 3.87. The highest BCUT2D eigenvalue weighted by atomic mass is 16.5. The standard InChI is InChI=1S/C15H23N3O3/c1-5-18(11-6-7-21-15(3,4)8-11)14(20)12-9-16-10(2)17-13(12)19/h9,11H,5-8H2,1-4H3,(H,16,17,19). The smallest absolute Gasteiger partial charge is 0.263 e. The maximum atomic E-state index is 12.6. The monoisotopic (exact) mass is 293 g/mol. The van der Waals surface area contributed by atoms with Gasteiger partial charge in [-0.15, -0.1) is 0 Å². The van der Waals surface area contributed by atoms with Gasteiger partial charge in [-0.2, -0.15) is 0 Å². The summed E-state index contributed by atoms with van der Waals surface area (Å²) in [6, 6.07) is 0.0898. The molecule has 2 heterocycles.